The minimum Gasteiger partial charge on any atom is -0.326 e. The van der Waals surface area contributed by atoms with Gasteiger partial charge in [-0.05, 0) is 25.2 Å². The summed E-state index contributed by atoms with van der Waals surface area (Å²) in [6, 6.07) is 7.77. The van der Waals surface area contributed by atoms with E-state index in [0.717, 1.165) is 25.3 Å². The normalized spacial score (nSPS) is 14.7. The van der Waals surface area contributed by atoms with Crippen LogP contribution in [-0.4, -0.2) is 43.5 Å². The summed E-state index contributed by atoms with van der Waals surface area (Å²) in [7, 11) is 2.05. The number of amides is 1. The van der Waals surface area contributed by atoms with E-state index in [4.69, 9.17) is 11.6 Å². The largest absolute Gasteiger partial charge is 0.326 e. The van der Waals surface area contributed by atoms with Gasteiger partial charge < -0.3 is 15.5 Å². The molecule has 0 saturated carbocycles. The summed E-state index contributed by atoms with van der Waals surface area (Å²) in [6.45, 7) is 2.82. The van der Waals surface area contributed by atoms with Gasteiger partial charge in [0.1, 0.15) is 0 Å². The summed E-state index contributed by atoms with van der Waals surface area (Å²) in [5.74, 6) is 0.0244. The quantitative estimate of drug-likeness (QED) is 0.874. The number of benzene rings is 1. The molecular formula is C13H19Cl2N3O. The number of likely N-dealkylation sites (N-methyl/N-ethyl adjacent to an activating group) is 1. The van der Waals surface area contributed by atoms with Gasteiger partial charge in [-0.15, -0.1) is 12.4 Å². The van der Waals surface area contributed by atoms with Gasteiger partial charge in [0.25, 0.3) is 0 Å². The SMILES string of the molecule is CN(CCC(=O)Nc1cccc(Cl)c1)C1CNC1.Cl. The van der Waals surface area contributed by atoms with Gasteiger partial charge in [-0.1, -0.05) is 17.7 Å². The number of halogens is 2. The van der Waals surface area contributed by atoms with Crippen molar-refractivity contribution in [2.75, 3.05) is 32.0 Å². The molecule has 6 heteroatoms. The molecule has 1 aromatic carbocycles. The molecule has 0 aliphatic carbocycles. The predicted octanol–water partition coefficient (Wildman–Crippen LogP) is 1.99. The molecule has 0 aromatic heterocycles. The van der Waals surface area contributed by atoms with Gasteiger partial charge in [0.15, 0.2) is 0 Å². The minimum atomic E-state index is 0. The van der Waals surface area contributed by atoms with Gasteiger partial charge in [0.2, 0.25) is 5.91 Å². The van der Waals surface area contributed by atoms with Crippen LogP contribution in [0.15, 0.2) is 24.3 Å². The lowest BCUT2D eigenvalue weighted by atomic mass is 10.1. The van der Waals surface area contributed by atoms with Crippen molar-refractivity contribution >= 4 is 35.6 Å². The Bertz CT molecular complexity index is 424. The molecule has 0 radical (unpaired) electrons. The van der Waals surface area contributed by atoms with Crippen molar-refractivity contribution in [1.82, 2.24) is 10.2 Å². The maximum absolute atomic E-state index is 11.8. The molecule has 0 atom stereocenters. The number of rotatable bonds is 5. The van der Waals surface area contributed by atoms with Crippen molar-refractivity contribution < 1.29 is 4.79 Å². The fourth-order valence-electron chi connectivity index (χ4n) is 1.84. The number of hydrogen-bond donors (Lipinski definition) is 2. The highest BCUT2D eigenvalue weighted by Crippen LogP contribution is 2.15. The van der Waals surface area contributed by atoms with Crippen molar-refractivity contribution in [2.45, 2.75) is 12.5 Å². The second-order valence-corrected chi connectivity index (χ2v) is 5.04. The summed E-state index contributed by atoms with van der Waals surface area (Å²) in [6.07, 6.45) is 0.500. The smallest absolute Gasteiger partial charge is 0.225 e. The summed E-state index contributed by atoms with van der Waals surface area (Å²) in [5.41, 5.74) is 0.750. The van der Waals surface area contributed by atoms with Crippen molar-refractivity contribution in [3.05, 3.63) is 29.3 Å². The van der Waals surface area contributed by atoms with Crippen LogP contribution < -0.4 is 10.6 Å². The van der Waals surface area contributed by atoms with Crippen molar-refractivity contribution in [2.24, 2.45) is 0 Å². The van der Waals surface area contributed by atoms with Gasteiger partial charge in [-0.25, -0.2) is 0 Å². The molecule has 2 N–H and O–H groups in total. The minimum absolute atomic E-state index is 0. The zero-order chi connectivity index (χ0) is 13.0. The molecule has 1 aliphatic rings. The zero-order valence-electron chi connectivity index (χ0n) is 10.9. The highest BCUT2D eigenvalue weighted by atomic mass is 35.5. The van der Waals surface area contributed by atoms with E-state index in [1.807, 2.05) is 12.1 Å². The molecule has 106 valence electrons. The lowest BCUT2D eigenvalue weighted by Gasteiger charge is -2.35. The zero-order valence-corrected chi connectivity index (χ0v) is 12.4. The topological polar surface area (TPSA) is 44.4 Å². The number of nitrogens with zero attached hydrogens (tertiary/aromatic N) is 1. The predicted molar refractivity (Wildman–Crippen MR) is 81.2 cm³/mol. The van der Waals surface area contributed by atoms with Crippen LogP contribution in [0.25, 0.3) is 0 Å². The number of carbonyl (C=O) groups excluding carboxylic acids is 1. The van der Waals surface area contributed by atoms with E-state index in [1.165, 1.54) is 0 Å². The summed E-state index contributed by atoms with van der Waals surface area (Å²) < 4.78 is 0. The van der Waals surface area contributed by atoms with Crippen LogP contribution >= 0.6 is 24.0 Å². The first-order valence-electron chi connectivity index (χ1n) is 6.11. The fraction of sp³-hybridized carbons (Fsp3) is 0.462. The van der Waals surface area contributed by atoms with E-state index in [9.17, 15) is 4.79 Å². The molecule has 0 bridgehead atoms. The molecule has 1 aliphatic heterocycles. The van der Waals surface area contributed by atoms with E-state index in [2.05, 4.69) is 22.6 Å². The lowest BCUT2D eigenvalue weighted by Crippen LogP contribution is -2.56. The Labute approximate surface area is 124 Å². The Morgan fingerprint density at radius 2 is 2.26 bits per heavy atom. The first-order valence-corrected chi connectivity index (χ1v) is 6.49. The highest BCUT2D eigenvalue weighted by Gasteiger charge is 2.21. The number of carbonyl (C=O) groups is 1. The van der Waals surface area contributed by atoms with Gasteiger partial charge in [0.05, 0.1) is 0 Å². The molecule has 1 saturated heterocycles. The Hall–Kier alpha value is -0.810. The third-order valence-corrected chi connectivity index (χ3v) is 3.42. The van der Waals surface area contributed by atoms with E-state index >= 15 is 0 Å². The van der Waals surface area contributed by atoms with Gasteiger partial charge in [-0.3, -0.25) is 4.79 Å². The van der Waals surface area contributed by atoms with Crippen molar-refractivity contribution in [3.63, 3.8) is 0 Å². The van der Waals surface area contributed by atoms with E-state index in [1.54, 1.807) is 12.1 Å². The standard InChI is InChI=1S/C13H18ClN3O.ClH/c1-17(12-8-15-9-12)6-5-13(18)16-11-4-2-3-10(14)7-11;/h2-4,7,12,15H,5-6,8-9H2,1H3,(H,16,18);1H. The van der Waals surface area contributed by atoms with Crippen LogP contribution in [0.1, 0.15) is 6.42 Å². The fourth-order valence-corrected chi connectivity index (χ4v) is 2.03. The maximum Gasteiger partial charge on any atom is 0.225 e. The molecule has 1 heterocycles. The average Bonchev–Trinajstić information content (AvgIpc) is 2.24. The molecule has 1 aromatic rings. The summed E-state index contributed by atoms with van der Waals surface area (Å²) in [5, 5.41) is 6.70. The lowest BCUT2D eigenvalue weighted by molar-refractivity contribution is -0.116. The van der Waals surface area contributed by atoms with Crippen LogP contribution in [-0.2, 0) is 4.79 Å². The Balaban J connectivity index is 0.00000180. The van der Waals surface area contributed by atoms with Crippen LogP contribution in [0.3, 0.4) is 0 Å². The van der Waals surface area contributed by atoms with E-state index in [0.29, 0.717) is 17.5 Å². The Morgan fingerprint density at radius 1 is 1.53 bits per heavy atom. The monoisotopic (exact) mass is 303 g/mol. The van der Waals surface area contributed by atoms with Crippen LogP contribution in [0.4, 0.5) is 5.69 Å². The molecule has 19 heavy (non-hydrogen) atoms. The van der Waals surface area contributed by atoms with Gasteiger partial charge in [-0.2, -0.15) is 0 Å². The van der Waals surface area contributed by atoms with Crippen LogP contribution in [0.2, 0.25) is 5.02 Å². The molecule has 2 rings (SSSR count). The second kappa shape index (κ2) is 7.70. The molecule has 1 fully saturated rings. The van der Waals surface area contributed by atoms with Crippen LogP contribution in [0.5, 0.6) is 0 Å². The molecule has 4 nitrogen and oxygen atoms in total. The summed E-state index contributed by atoms with van der Waals surface area (Å²) >= 11 is 5.86. The average molecular weight is 304 g/mol. The molecule has 0 unspecified atom stereocenters. The highest BCUT2D eigenvalue weighted by molar-refractivity contribution is 6.30. The molecule has 1 amide bonds. The Kier molecular flexibility index (Phi) is 6.58. The first kappa shape index (κ1) is 16.2. The van der Waals surface area contributed by atoms with E-state index in [-0.39, 0.29) is 18.3 Å². The summed E-state index contributed by atoms with van der Waals surface area (Å²) in [4.78, 5) is 14.0. The second-order valence-electron chi connectivity index (χ2n) is 4.60. The maximum atomic E-state index is 11.8. The van der Waals surface area contributed by atoms with E-state index < -0.39 is 0 Å². The first-order chi connectivity index (χ1) is 8.65. The van der Waals surface area contributed by atoms with Gasteiger partial charge in [0, 0.05) is 42.8 Å². The molecule has 0 spiro atoms. The van der Waals surface area contributed by atoms with Crippen molar-refractivity contribution in [3.8, 4) is 0 Å². The molecular weight excluding hydrogens is 285 g/mol. The van der Waals surface area contributed by atoms with Crippen LogP contribution in [0, 0.1) is 0 Å². The number of nitrogens with one attached hydrogen (secondary N) is 2. The number of hydrogen-bond acceptors (Lipinski definition) is 3. The van der Waals surface area contributed by atoms with Gasteiger partial charge >= 0.3 is 0 Å². The third kappa shape index (κ3) is 4.99. The van der Waals surface area contributed by atoms with Crippen molar-refractivity contribution in [1.29, 1.82) is 0 Å². The number of anilines is 1. The Morgan fingerprint density at radius 3 is 2.84 bits per heavy atom. The third-order valence-electron chi connectivity index (χ3n) is 3.18.